The minimum absolute atomic E-state index is 0.483. The normalized spacial score (nSPS) is 34.8. The molecule has 1 aromatic heterocycles. The van der Waals surface area contributed by atoms with Gasteiger partial charge in [-0.15, -0.1) is 0 Å². The third-order valence-electron chi connectivity index (χ3n) is 6.02. The molecule has 1 aromatic rings. The second-order valence-electron chi connectivity index (χ2n) is 7.81. The van der Waals surface area contributed by atoms with Crippen LogP contribution >= 0.6 is 0 Å². The number of imidazole rings is 1. The second kappa shape index (κ2) is 5.18. The van der Waals surface area contributed by atoms with Crippen molar-refractivity contribution in [3.05, 3.63) is 18.7 Å². The van der Waals surface area contributed by atoms with Gasteiger partial charge in [0.25, 0.3) is 0 Å². The summed E-state index contributed by atoms with van der Waals surface area (Å²) in [5.41, 5.74) is 1.04. The molecule has 0 spiro atoms. The van der Waals surface area contributed by atoms with Crippen LogP contribution in [0.5, 0.6) is 0 Å². The number of hydrogen-bond donors (Lipinski definition) is 1. The van der Waals surface area contributed by atoms with Crippen LogP contribution in [0.3, 0.4) is 0 Å². The molecule has 1 N–H and O–H groups in total. The molecule has 2 saturated carbocycles. The summed E-state index contributed by atoms with van der Waals surface area (Å²) in [5.74, 6) is 0.941. The van der Waals surface area contributed by atoms with Crippen LogP contribution in [0.1, 0.15) is 52.9 Å². The second-order valence-corrected chi connectivity index (χ2v) is 7.81. The molecular weight excluding hydrogens is 246 g/mol. The Labute approximate surface area is 123 Å². The summed E-state index contributed by atoms with van der Waals surface area (Å²) in [6.45, 7) is 9.71. The molecule has 3 heteroatoms. The molecule has 0 aliphatic heterocycles. The first-order chi connectivity index (χ1) is 9.52. The molecule has 3 nitrogen and oxygen atoms in total. The van der Waals surface area contributed by atoms with Gasteiger partial charge in [-0.2, -0.15) is 0 Å². The Kier molecular flexibility index (Phi) is 3.65. The molecule has 0 radical (unpaired) electrons. The van der Waals surface area contributed by atoms with E-state index in [1.807, 2.05) is 18.7 Å². The van der Waals surface area contributed by atoms with Crippen LogP contribution in [0.2, 0.25) is 0 Å². The van der Waals surface area contributed by atoms with Crippen LogP contribution in [0.15, 0.2) is 18.7 Å². The summed E-state index contributed by atoms with van der Waals surface area (Å²) >= 11 is 0. The fourth-order valence-corrected chi connectivity index (χ4v) is 4.90. The summed E-state index contributed by atoms with van der Waals surface area (Å²) in [4.78, 5) is 4.09. The van der Waals surface area contributed by atoms with E-state index < -0.39 is 0 Å². The summed E-state index contributed by atoms with van der Waals surface area (Å²) in [7, 11) is 0. The molecule has 1 heterocycles. The van der Waals surface area contributed by atoms with Crippen LogP contribution in [0, 0.1) is 16.7 Å². The van der Waals surface area contributed by atoms with Crippen molar-refractivity contribution in [1.29, 1.82) is 0 Å². The van der Waals surface area contributed by atoms with Crippen molar-refractivity contribution < 1.29 is 0 Å². The fourth-order valence-electron chi connectivity index (χ4n) is 4.90. The minimum atomic E-state index is 0.483. The van der Waals surface area contributed by atoms with Crippen LogP contribution in [-0.4, -0.2) is 22.1 Å². The average molecular weight is 275 g/mol. The standard InChI is InChI=1S/C17H29N3/c1-16(2)14-6-7-17(3,12-14)15(16)19-8-4-5-10-20-11-9-18-13-20/h9,11,13-15,19H,4-8,10,12H2,1-3H3. The number of nitrogens with zero attached hydrogens (tertiary/aromatic N) is 2. The summed E-state index contributed by atoms with van der Waals surface area (Å²) in [6, 6.07) is 0.710. The lowest BCUT2D eigenvalue weighted by Gasteiger charge is -2.43. The Balaban J connectivity index is 1.44. The van der Waals surface area contributed by atoms with Crippen LogP contribution < -0.4 is 5.32 Å². The predicted octanol–water partition coefficient (Wildman–Crippen LogP) is 3.47. The highest BCUT2D eigenvalue weighted by atomic mass is 15.0. The number of fused-ring (bicyclic) bond motifs is 2. The van der Waals surface area contributed by atoms with E-state index in [9.17, 15) is 0 Å². The van der Waals surface area contributed by atoms with E-state index in [-0.39, 0.29) is 0 Å². The zero-order valence-electron chi connectivity index (χ0n) is 13.2. The number of aryl methyl sites for hydroxylation is 1. The number of nitrogens with one attached hydrogen (secondary N) is 1. The van der Waals surface area contributed by atoms with Gasteiger partial charge in [0.15, 0.2) is 0 Å². The van der Waals surface area contributed by atoms with Gasteiger partial charge in [0.1, 0.15) is 0 Å². The molecule has 2 fully saturated rings. The van der Waals surface area contributed by atoms with Crippen LogP contribution in [-0.2, 0) is 6.54 Å². The SMILES string of the molecule is CC12CCC(C1)C(C)(C)C2NCCCCn1ccnc1. The van der Waals surface area contributed by atoms with E-state index in [0.717, 1.165) is 19.0 Å². The zero-order valence-corrected chi connectivity index (χ0v) is 13.2. The minimum Gasteiger partial charge on any atom is -0.337 e. The Morgan fingerprint density at radius 2 is 2.15 bits per heavy atom. The van der Waals surface area contributed by atoms with Gasteiger partial charge in [-0.25, -0.2) is 4.98 Å². The lowest BCUT2D eigenvalue weighted by Crippen LogP contribution is -2.50. The first-order valence-corrected chi connectivity index (χ1v) is 8.21. The van der Waals surface area contributed by atoms with Crippen LogP contribution in [0.4, 0.5) is 0 Å². The Morgan fingerprint density at radius 3 is 2.80 bits per heavy atom. The van der Waals surface area contributed by atoms with E-state index in [0.29, 0.717) is 16.9 Å². The van der Waals surface area contributed by atoms with Crippen molar-refractivity contribution in [2.75, 3.05) is 6.54 Å². The first-order valence-electron chi connectivity index (χ1n) is 8.21. The zero-order chi connectivity index (χ0) is 14.2. The molecule has 20 heavy (non-hydrogen) atoms. The van der Waals surface area contributed by atoms with Crippen molar-refractivity contribution in [2.24, 2.45) is 16.7 Å². The quantitative estimate of drug-likeness (QED) is 0.806. The molecule has 2 aliphatic rings. The van der Waals surface area contributed by atoms with Gasteiger partial charge < -0.3 is 9.88 Å². The highest BCUT2D eigenvalue weighted by molar-refractivity contribution is 5.11. The molecule has 2 aliphatic carbocycles. The van der Waals surface area contributed by atoms with E-state index in [4.69, 9.17) is 0 Å². The lowest BCUT2D eigenvalue weighted by molar-refractivity contribution is 0.109. The molecule has 3 rings (SSSR count). The molecule has 3 atom stereocenters. The average Bonchev–Trinajstić information content (AvgIpc) is 3.06. The Morgan fingerprint density at radius 1 is 1.30 bits per heavy atom. The maximum atomic E-state index is 4.09. The van der Waals surface area contributed by atoms with Crippen molar-refractivity contribution in [3.8, 4) is 0 Å². The van der Waals surface area contributed by atoms with Gasteiger partial charge in [-0.3, -0.25) is 0 Å². The molecule has 2 bridgehead atoms. The monoisotopic (exact) mass is 275 g/mol. The van der Waals surface area contributed by atoms with E-state index >= 15 is 0 Å². The maximum absolute atomic E-state index is 4.09. The third-order valence-corrected chi connectivity index (χ3v) is 6.02. The number of hydrogen-bond acceptors (Lipinski definition) is 2. The summed E-state index contributed by atoms with van der Waals surface area (Å²) in [6.07, 6.45) is 12.6. The van der Waals surface area contributed by atoms with Gasteiger partial charge in [0.2, 0.25) is 0 Å². The van der Waals surface area contributed by atoms with E-state index in [1.54, 1.807) is 0 Å². The molecule has 3 unspecified atom stereocenters. The van der Waals surface area contributed by atoms with E-state index in [2.05, 4.69) is 35.6 Å². The maximum Gasteiger partial charge on any atom is 0.0945 e. The van der Waals surface area contributed by atoms with Gasteiger partial charge in [0.05, 0.1) is 6.33 Å². The number of aromatic nitrogens is 2. The smallest absolute Gasteiger partial charge is 0.0945 e. The largest absolute Gasteiger partial charge is 0.337 e. The highest BCUT2D eigenvalue weighted by Gasteiger charge is 2.58. The lowest BCUT2D eigenvalue weighted by atomic mass is 9.68. The van der Waals surface area contributed by atoms with Crippen molar-refractivity contribution in [3.63, 3.8) is 0 Å². The molecule has 0 aromatic carbocycles. The van der Waals surface area contributed by atoms with Crippen molar-refractivity contribution >= 4 is 0 Å². The van der Waals surface area contributed by atoms with Crippen molar-refractivity contribution in [2.45, 2.75) is 65.5 Å². The Hall–Kier alpha value is -0.830. The van der Waals surface area contributed by atoms with Crippen molar-refractivity contribution in [1.82, 2.24) is 14.9 Å². The van der Waals surface area contributed by atoms with Gasteiger partial charge in [-0.05, 0) is 55.4 Å². The van der Waals surface area contributed by atoms with Gasteiger partial charge >= 0.3 is 0 Å². The summed E-state index contributed by atoms with van der Waals surface area (Å²) < 4.78 is 2.17. The number of rotatable bonds is 6. The summed E-state index contributed by atoms with van der Waals surface area (Å²) in [5, 5.41) is 3.90. The Bertz CT molecular complexity index is 432. The number of unbranched alkanes of at least 4 members (excludes halogenated alkanes) is 1. The van der Waals surface area contributed by atoms with Gasteiger partial charge in [-0.1, -0.05) is 20.8 Å². The molecule has 112 valence electrons. The predicted molar refractivity (Wildman–Crippen MR) is 82.5 cm³/mol. The third kappa shape index (κ3) is 2.41. The van der Waals surface area contributed by atoms with E-state index in [1.165, 1.54) is 32.1 Å². The molecule has 0 saturated heterocycles. The highest BCUT2D eigenvalue weighted by Crippen LogP contribution is 2.62. The van der Waals surface area contributed by atoms with Crippen LogP contribution in [0.25, 0.3) is 0 Å². The van der Waals surface area contributed by atoms with Gasteiger partial charge in [0, 0.05) is 25.0 Å². The molecule has 0 amide bonds. The topological polar surface area (TPSA) is 29.9 Å². The first kappa shape index (κ1) is 14.1. The fraction of sp³-hybridized carbons (Fsp3) is 0.824. The molecular formula is C17H29N3.